The van der Waals surface area contributed by atoms with E-state index < -0.39 is 5.97 Å². The summed E-state index contributed by atoms with van der Waals surface area (Å²) in [6.45, 7) is 0.287. The van der Waals surface area contributed by atoms with Crippen LogP contribution in [-0.4, -0.2) is 30.6 Å². The van der Waals surface area contributed by atoms with Gasteiger partial charge in [-0.3, -0.25) is 9.59 Å². The van der Waals surface area contributed by atoms with Gasteiger partial charge in [0.1, 0.15) is 0 Å². The highest BCUT2D eigenvalue weighted by atomic mass is 16.5. The molecule has 0 amide bonds. The molecule has 0 radical (unpaired) electrons. The van der Waals surface area contributed by atoms with Crippen LogP contribution in [0, 0.1) is 5.92 Å². The fourth-order valence-corrected chi connectivity index (χ4v) is 1.43. The highest BCUT2D eigenvalue weighted by Crippen LogP contribution is 2.23. The zero-order valence-corrected chi connectivity index (χ0v) is 7.45. The van der Waals surface area contributed by atoms with Crippen LogP contribution in [0.15, 0.2) is 11.6 Å². The lowest BCUT2D eigenvalue weighted by Gasteiger charge is -2.04. The van der Waals surface area contributed by atoms with Crippen LogP contribution in [0.25, 0.3) is 0 Å². The first kappa shape index (κ1) is 9.92. The topological polar surface area (TPSA) is 63.6 Å². The molecule has 0 bridgehead atoms. The monoisotopic (exact) mass is 184 g/mol. The Labute approximate surface area is 76.2 Å². The Morgan fingerprint density at radius 2 is 2.46 bits per heavy atom. The third-order valence-electron chi connectivity index (χ3n) is 2.06. The van der Waals surface area contributed by atoms with Gasteiger partial charge in [-0.2, -0.15) is 0 Å². The molecule has 1 aliphatic rings. The van der Waals surface area contributed by atoms with Crippen molar-refractivity contribution in [2.24, 2.45) is 5.92 Å². The lowest BCUT2D eigenvalue weighted by molar-refractivity contribution is -0.139. The first-order valence-electron chi connectivity index (χ1n) is 4.09. The van der Waals surface area contributed by atoms with E-state index in [0.717, 1.165) is 0 Å². The predicted molar refractivity (Wildman–Crippen MR) is 45.3 cm³/mol. The summed E-state index contributed by atoms with van der Waals surface area (Å²) in [5.41, 5.74) is 0.605. The maximum Gasteiger partial charge on any atom is 0.304 e. The summed E-state index contributed by atoms with van der Waals surface area (Å²) in [6, 6.07) is 0. The Bertz CT molecular complexity index is 254. The Balaban J connectivity index is 2.51. The van der Waals surface area contributed by atoms with Crippen molar-refractivity contribution in [2.75, 3.05) is 13.7 Å². The summed E-state index contributed by atoms with van der Waals surface area (Å²) >= 11 is 0. The van der Waals surface area contributed by atoms with Crippen LogP contribution in [0.2, 0.25) is 0 Å². The fourth-order valence-electron chi connectivity index (χ4n) is 1.43. The lowest BCUT2D eigenvalue weighted by Crippen LogP contribution is -2.16. The normalized spacial score (nSPS) is 21.8. The smallest absolute Gasteiger partial charge is 0.304 e. The minimum Gasteiger partial charge on any atom is -0.481 e. The van der Waals surface area contributed by atoms with E-state index in [9.17, 15) is 9.59 Å². The van der Waals surface area contributed by atoms with Crippen molar-refractivity contribution in [1.29, 1.82) is 0 Å². The number of carbonyl (C=O) groups is 2. The number of carboxylic acid groups (broad SMARTS) is 1. The summed E-state index contributed by atoms with van der Waals surface area (Å²) in [4.78, 5) is 21.8. The molecular formula is C9H12O4. The standard InChI is InChI=1S/C9H12O4/c1-13-5-7-3-2-6(9(7)12)4-8(10)11/h3,6H,2,4-5H2,1H3,(H,10,11). The molecule has 0 aromatic rings. The SMILES string of the molecule is COCC1=CCC(CC(=O)O)C1=O. The minimum atomic E-state index is -0.926. The molecule has 0 fully saturated rings. The second-order valence-corrected chi connectivity index (χ2v) is 3.06. The predicted octanol–water partition coefficient (Wildman–Crippen LogP) is 0.623. The maximum atomic E-state index is 11.4. The van der Waals surface area contributed by atoms with E-state index in [4.69, 9.17) is 9.84 Å². The molecule has 4 heteroatoms. The molecule has 0 aliphatic heterocycles. The van der Waals surface area contributed by atoms with E-state index in [0.29, 0.717) is 12.0 Å². The van der Waals surface area contributed by atoms with Crippen molar-refractivity contribution in [3.8, 4) is 0 Å². The number of rotatable bonds is 4. The van der Waals surface area contributed by atoms with Crippen LogP contribution < -0.4 is 0 Å². The molecule has 1 rings (SSSR count). The third kappa shape index (κ3) is 2.39. The number of hydrogen-bond acceptors (Lipinski definition) is 3. The number of Topliss-reactive ketones (excluding diaryl/α,β-unsaturated/α-hetero) is 1. The first-order chi connectivity index (χ1) is 6.15. The van der Waals surface area contributed by atoms with Gasteiger partial charge in [0.05, 0.1) is 13.0 Å². The zero-order valence-electron chi connectivity index (χ0n) is 7.45. The summed E-state index contributed by atoms with van der Waals surface area (Å²) < 4.78 is 4.81. The highest BCUT2D eigenvalue weighted by molar-refractivity contribution is 6.01. The Kier molecular flexibility index (Phi) is 3.19. The molecule has 0 spiro atoms. The van der Waals surface area contributed by atoms with Crippen LogP contribution in [0.1, 0.15) is 12.8 Å². The van der Waals surface area contributed by atoms with Crippen molar-refractivity contribution in [3.05, 3.63) is 11.6 Å². The molecule has 0 saturated carbocycles. The molecule has 0 heterocycles. The van der Waals surface area contributed by atoms with Gasteiger partial charge in [0.15, 0.2) is 5.78 Å². The zero-order chi connectivity index (χ0) is 9.84. The van der Waals surface area contributed by atoms with Gasteiger partial charge in [0, 0.05) is 18.6 Å². The maximum absolute atomic E-state index is 11.4. The number of ether oxygens (including phenoxy) is 1. The van der Waals surface area contributed by atoms with E-state index in [1.807, 2.05) is 0 Å². The molecule has 0 aromatic heterocycles. The number of aliphatic carboxylic acids is 1. The lowest BCUT2D eigenvalue weighted by atomic mass is 10.0. The van der Waals surface area contributed by atoms with Crippen LogP contribution in [0.4, 0.5) is 0 Å². The van der Waals surface area contributed by atoms with Gasteiger partial charge in [0.25, 0.3) is 0 Å². The molecule has 1 unspecified atom stereocenters. The van der Waals surface area contributed by atoms with E-state index in [1.54, 1.807) is 6.08 Å². The number of carbonyl (C=O) groups excluding carboxylic acids is 1. The minimum absolute atomic E-state index is 0.0794. The van der Waals surface area contributed by atoms with Crippen molar-refractivity contribution in [2.45, 2.75) is 12.8 Å². The average Bonchev–Trinajstić information content (AvgIpc) is 2.36. The number of carboxylic acids is 1. The molecule has 4 nitrogen and oxygen atoms in total. The second kappa shape index (κ2) is 4.18. The number of hydrogen-bond donors (Lipinski definition) is 1. The van der Waals surface area contributed by atoms with Gasteiger partial charge in [-0.1, -0.05) is 6.08 Å². The first-order valence-corrected chi connectivity index (χ1v) is 4.09. The largest absolute Gasteiger partial charge is 0.481 e. The second-order valence-electron chi connectivity index (χ2n) is 3.06. The summed E-state index contributed by atoms with van der Waals surface area (Å²) in [6.07, 6.45) is 2.21. The van der Waals surface area contributed by atoms with Crippen molar-refractivity contribution in [1.82, 2.24) is 0 Å². The van der Waals surface area contributed by atoms with Crippen molar-refractivity contribution >= 4 is 11.8 Å². The highest BCUT2D eigenvalue weighted by Gasteiger charge is 2.28. The van der Waals surface area contributed by atoms with Crippen molar-refractivity contribution in [3.63, 3.8) is 0 Å². The number of methoxy groups -OCH3 is 1. The van der Waals surface area contributed by atoms with Crippen LogP contribution >= 0.6 is 0 Å². The van der Waals surface area contributed by atoms with Gasteiger partial charge in [0.2, 0.25) is 0 Å². The molecule has 0 aromatic carbocycles. The molecule has 1 N–H and O–H groups in total. The van der Waals surface area contributed by atoms with Gasteiger partial charge >= 0.3 is 5.97 Å². The Hall–Kier alpha value is -1.16. The van der Waals surface area contributed by atoms with E-state index in [2.05, 4.69) is 0 Å². The molecule has 13 heavy (non-hydrogen) atoms. The fraction of sp³-hybridized carbons (Fsp3) is 0.556. The summed E-state index contributed by atoms with van der Waals surface area (Å²) in [5, 5.41) is 8.50. The van der Waals surface area contributed by atoms with Gasteiger partial charge in [-0.25, -0.2) is 0 Å². The third-order valence-corrected chi connectivity index (χ3v) is 2.06. The van der Waals surface area contributed by atoms with E-state index in [-0.39, 0.29) is 24.7 Å². The Morgan fingerprint density at radius 3 is 3.00 bits per heavy atom. The molecular weight excluding hydrogens is 172 g/mol. The van der Waals surface area contributed by atoms with E-state index in [1.165, 1.54) is 7.11 Å². The summed E-state index contributed by atoms with van der Waals surface area (Å²) in [5.74, 6) is -1.38. The quantitative estimate of drug-likeness (QED) is 0.695. The molecule has 0 saturated heterocycles. The van der Waals surface area contributed by atoms with Gasteiger partial charge in [-0.15, -0.1) is 0 Å². The van der Waals surface area contributed by atoms with Gasteiger partial charge < -0.3 is 9.84 Å². The van der Waals surface area contributed by atoms with Crippen LogP contribution in [0.5, 0.6) is 0 Å². The molecule has 1 atom stereocenters. The number of ketones is 1. The van der Waals surface area contributed by atoms with Crippen LogP contribution in [-0.2, 0) is 14.3 Å². The average molecular weight is 184 g/mol. The number of allylic oxidation sites excluding steroid dienone is 1. The summed E-state index contributed by atoms with van der Waals surface area (Å²) in [7, 11) is 1.51. The molecule has 1 aliphatic carbocycles. The Morgan fingerprint density at radius 1 is 1.77 bits per heavy atom. The van der Waals surface area contributed by atoms with Gasteiger partial charge in [-0.05, 0) is 6.42 Å². The van der Waals surface area contributed by atoms with Crippen LogP contribution in [0.3, 0.4) is 0 Å². The van der Waals surface area contributed by atoms with E-state index >= 15 is 0 Å². The molecule has 72 valence electrons. The van der Waals surface area contributed by atoms with Crippen molar-refractivity contribution < 1.29 is 19.4 Å².